The van der Waals surface area contributed by atoms with E-state index in [1.807, 2.05) is 44.4 Å². The van der Waals surface area contributed by atoms with Crippen LogP contribution < -0.4 is 5.32 Å². The van der Waals surface area contributed by atoms with E-state index in [0.717, 1.165) is 26.9 Å². The molecule has 2 nitrogen and oxygen atoms in total. The van der Waals surface area contributed by atoms with Crippen molar-refractivity contribution in [2.75, 3.05) is 5.32 Å². The van der Waals surface area contributed by atoms with Crippen molar-refractivity contribution >= 4 is 38.9 Å². The van der Waals surface area contributed by atoms with Crippen molar-refractivity contribution in [1.82, 2.24) is 0 Å². The maximum Gasteiger partial charge on any atom is 0.256 e. The SMILES string of the molecule is Cc1cc(NC(=O)c2csc(C)c2C)ccc1Br. The van der Waals surface area contributed by atoms with Gasteiger partial charge in [0, 0.05) is 20.4 Å². The number of aryl methyl sites for hydroxylation is 2. The first-order valence-corrected chi connectivity index (χ1v) is 7.28. The summed E-state index contributed by atoms with van der Waals surface area (Å²) in [4.78, 5) is 13.3. The number of benzene rings is 1. The molecule has 1 aromatic carbocycles. The molecule has 18 heavy (non-hydrogen) atoms. The van der Waals surface area contributed by atoms with E-state index in [1.54, 1.807) is 11.3 Å². The summed E-state index contributed by atoms with van der Waals surface area (Å²) >= 11 is 5.05. The fraction of sp³-hybridized carbons (Fsp3) is 0.214. The molecular formula is C14H14BrNOS. The highest BCUT2D eigenvalue weighted by atomic mass is 79.9. The van der Waals surface area contributed by atoms with E-state index in [-0.39, 0.29) is 5.91 Å². The van der Waals surface area contributed by atoms with Crippen LogP contribution in [0.4, 0.5) is 5.69 Å². The number of thiophene rings is 1. The molecule has 94 valence electrons. The molecule has 0 spiro atoms. The van der Waals surface area contributed by atoms with Gasteiger partial charge in [-0.1, -0.05) is 15.9 Å². The topological polar surface area (TPSA) is 29.1 Å². The van der Waals surface area contributed by atoms with Gasteiger partial charge in [0.05, 0.1) is 5.56 Å². The lowest BCUT2D eigenvalue weighted by molar-refractivity contribution is 0.102. The van der Waals surface area contributed by atoms with Crippen molar-refractivity contribution in [2.24, 2.45) is 0 Å². The zero-order chi connectivity index (χ0) is 13.3. The van der Waals surface area contributed by atoms with Gasteiger partial charge in [-0.05, 0) is 50.1 Å². The van der Waals surface area contributed by atoms with Crippen LogP contribution in [0.25, 0.3) is 0 Å². The van der Waals surface area contributed by atoms with Crippen LogP contribution in [0.3, 0.4) is 0 Å². The first kappa shape index (κ1) is 13.3. The van der Waals surface area contributed by atoms with Gasteiger partial charge < -0.3 is 5.32 Å². The van der Waals surface area contributed by atoms with Gasteiger partial charge in [0.25, 0.3) is 5.91 Å². The quantitative estimate of drug-likeness (QED) is 0.853. The summed E-state index contributed by atoms with van der Waals surface area (Å²) in [6, 6.07) is 5.79. The van der Waals surface area contributed by atoms with E-state index < -0.39 is 0 Å². The standard InChI is InChI=1S/C14H14BrNOS/c1-8-6-11(4-5-13(8)15)16-14(17)12-7-18-10(3)9(12)2/h4-7H,1-3H3,(H,16,17). The van der Waals surface area contributed by atoms with Crippen LogP contribution in [0.15, 0.2) is 28.1 Å². The second-order valence-electron chi connectivity index (χ2n) is 4.25. The molecule has 1 amide bonds. The molecule has 1 N–H and O–H groups in total. The van der Waals surface area contributed by atoms with Crippen molar-refractivity contribution in [1.29, 1.82) is 0 Å². The Morgan fingerprint density at radius 2 is 2.00 bits per heavy atom. The summed E-state index contributed by atoms with van der Waals surface area (Å²) in [7, 11) is 0. The number of carbonyl (C=O) groups excluding carboxylic acids is 1. The zero-order valence-electron chi connectivity index (χ0n) is 10.5. The summed E-state index contributed by atoms with van der Waals surface area (Å²) in [5, 5.41) is 4.84. The van der Waals surface area contributed by atoms with Crippen LogP contribution in [-0.4, -0.2) is 5.91 Å². The van der Waals surface area contributed by atoms with Gasteiger partial charge >= 0.3 is 0 Å². The highest BCUT2D eigenvalue weighted by molar-refractivity contribution is 9.10. The third-order valence-electron chi connectivity index (χ3n) is 2.95. The second kappa shape index (κ2) is 5.24. The first-order valence-electron chi connectivity index (χ1n) is 5.61. The predicted molar refractivity (Wildman–Crippen MR) is 80.6 cm³/mol. The summed E-state index contributed by atoms with van der Waals surface area (Å²) in [6.45, 7) is 6.01. The maximum atomic E-state index is 12.1. The van der Waals surface area contributed by atoms with Gasteiger partial charge in [-0.15, -0.1) is 11.3 Å². The summed E-state index contributed by atoms with van der Waals surface area (Å²) < 4.78 is 1.04. The predicted octanol–water partition coefficient (Wildman–Crippen LogP) is 4.69. The number of hydrogen-bond donors (Lipinski definition) is 1. The number of carbonyl (C=O) groups is 1. The third kappa shape index (κ3) is 2.65. The summed E-state index contributed by atoms with van der Waals surface area (Å²) in [6.07, 6.45) is 0. The van der Waals surface area contributed by atoms with Gasteiger partial charge in [0.2, 0.25) is 0 Å². The van der Waals surface area contributed by atoms with E-state index in [2.05, 4.69) is 21.2 Å². The Morgan fingerprint density at radius 1 is 1.28 bits per heavy atom. The Bertz CT molecular complexity index is 604. The van der Waals surface area contributed by atoms with E-state index in [9.17, 15) is 4.79 Å². The summed E-state index contributed by atoms with van der Waals surface area (Å²) in [5.74, 6) is -0.0430. The molecule has 2 rings (SSSR count). The van der Waals surface area contributed by atoms with Gasteiger partial charge in [0.1, 0.15) is 0 Å². The minimum atomic E-state index is -0.0430. The van der Waals surface area contributed by atoms with Crippen LogP contribution in [0.2, 0.25) is 0 Å². The molecule has 0 aliphatic heterocycles. The minimum Gasteiger partial charge on any atom is -0.322 e. The van der Waals surface area contributed by atoms with Crippen LogP contribution in [0.1, 0.15) is 26.4 Å². The normalized spacial score (nSPS) is 10.4. The number of nitrogens with one attached hydrogen (secondary N) is 1. The number of halogens is 1. The molecule has 1 aromatic heterocycles. The van der Waals surface area contributed by atoms with Crippen molar-refractivity contribution < 1.29 is 4.79 Å². The Morgan fingerprint density at radius 3 is 2.56 bits per heavy atom. The van der Waals surface area contributed by atoms with Gasteiger partial charge in [0.15, 0.2) is 0 Å². The molecular weight excluding hydrogens is 310 g/mol. The maximum absolute atomic E-state index is 12.1. The zero-order valence-corrected chi connectivity index (χ0v) is 12.9. The Labute approximate surface area is 119 Å². The van der Waals surface area contributed by atoms with E-state index >= 15 is 0 Å². The Hall–Kier alpha value is -1.13. The highest BCUT2D eigenvalue weighted by Crippen LogP contribution is 2.23. The smallest absolute Gasteiger partial charge is 0.256 e. The summed E-state index contributed by atoms with van der Waals surface area (Å²) in [5.41, 5.74) is 3.75. The minimum absolute atomic E-state index is 0.0430. The second-order valence-corrected chi connectivity index (χ2v) is 6.19. The fourth-order valence-electron chi connectivity index (χ4n) is 1.66. The molecule has 0 aliphatic carbocycles. The molecule has 4 heteroatoms. The van der Waals surface area contributed by atoms with Crippen molar-refractivity contribution in [3.63, 3.8) is 0 Å². The molecule has 1 heterocycles. The molecule has 0 saturated carbocycles. The van der Waals surface area contributed by atoms with Crippen molar-refractivity contribution in [3.05, 3.63) is 49.6 Å². The first-order chi connectivity index (χ1) is 8.49. The van der Waals surface area contributed by atoms with Gasteiger partial charge in [-0.25, -0.2) is 0 Å². The van der Waals surface area contributed by atoms with Crippen LogP contribution >= 0.6 is 27.3 Å². The molecule has 0 saturated heterocycles. The third-order valence-corrected chi connectivity index (χ3v) is 4.85. The van der Waals surface area contributed by atoms with Crippen LogP contribution in [0.5, 0.6) is 0 Å². The molecule has 0 atom stereocenters. The van der Waals surface area contributed by atoms with E-state index in [0.29, 0.717) is 0 Å². The molecule has 0 bridgehead atoms. The highest BCUT2D eigenvalue weighted by Gasteiger charge is 2.12. The monoisotopic (exact) mass is 323 g/mol. The van der Waals surface area contributed by atoms with Crippen LogP contribution in [0, 0.1) is 20.8 Å². The number of amides is 1. The van der Waals surface area contributed by atoms with Crippen LogP contribution in [-0.2, 0) is 0 Å². The van der Waals surface area contributed by atoms with Crippen molar-refractivity contribution in [2.45, 2.75) is 20.8 Å². The van der Waals surface area contributed by atoms with Gasteiger partial charge in [-0.2, -0.15) is 0 Å². The molecule has 0 unspecified atom stereocenters. The van der Waals surface area contributed by atoms with Crippen molar-refractivity contribution in [3.8, 4) is 0 Å². The van der Waals surface area contributed by atoms with E-state index in [1.165, 1.54) is 4.88 Å². The lowest BCUT2D eigenvalue weighted by Crippen LogP contribution is -2.12. The van der Waals surface area contributed by atoms with E-state index in [4.69, 9.17) is 0 Å². The number of rotatable bonds is 2. The lowest BCUT2D eigenvalue weighted by Gasteiger charge is -2.07. The lowest BCUT2D eigenvalue weighted by atomic mass is 10.1. The average Bonchev–Trinajstić information content (AvgIpc) is 2.65. The molecule has 2 aromatic rings. The Kier molecular flexibility index (Phi) is 3.88. The molecule has 0 radical (unpaired) electrons. The number of hydrogen-bond acceptors (Lipinski definition) is 2. The largest absolute Gasteiger partial charge is 0.322 e. The number of anilines is 1. The van der Waals surface area contributed by atoms with Gasteiger partial charge in [-0.3, -0.25) is 4.79 Å². The molecule has 0 fully saturated rings. The molecule has 0 aliphatic rings. The fourth-order valence-corrected chi connectivity index (χ4v) is 2.77. The average molecular weight is 324 g/mol. The Balaban J connectivity index is 2.21.